The summed E-state index contributed by atoms with van der Waals surface area (Å²) in [5.41, 5.74) is 10.5. The minimum absolute atomic E-state index is 0.553. The van der Waals surface area contributed by atoms with Crippen molar-refractivity contribution < 1.29 is 0 Å². The van der Waals surface area contributed by atoms with Crippen molar-refractivity contribution >= 4 is 5.52 Å². The summed E-state index contributed by atoms with van der Waals surface area (Å²) in [6.07, 6.45) is 4.83. The number of aromatic nitrogens is 2. The van der Waals surface area contributed by atoms with Crippen LogP contribution < -0.4 is 5.73 Å². The highest BCUT2D eigenvalue weighted by atomic mass is 15.0. The molecular formula is C16H17N3. The van der Waals surface area contributed by atoms with Gasteiger partial charge in [0.05, 0.1) is 11.7 Å². The predicted molar refractivity (Wildman–Crippen MR) is 77.1 cm³/mol. The van der Waals surface area contributed by atoms with E-state index >= 15 is 0 Å². The number of nitrogens with zero attached hydrogens (tertiary/aromatic N) is 2. The molecule has 3 aromatic rings. The molecule has 0 amide bonds. The van der Waals surface area contributed by atoms with Gasteiger partial charge in [0.1, 0.15) is 5.82 Å². The van der Waals surface area contributed by atoms with Crippen LogP contribution in [0.5, 0.6) is 0 Å². The Kier molecular flexibility index (Phi) is 3.05. The fraction of sp³-hybridized carbons (Fsp3) is 0.188. The molecule has 0 fully saturated rings. The lowest BCUT2D eigenvalue weighted by molar-refractivity contribution is 0.934. The summed E-state index contributed by atoms with van der Waals surface area (Å²) in [5.74, 6) is 1.06. The summed E-state index contributed by atoms with van der Waals surface area (Å²) in [5, 5.41) is 0. The van der Waals surface area contributed by atoms with Gasteiger partial charge in [-0.1, -0.05) is 30.3 Å². The maximum atomic E-state index is 5.70. The smallest absolute Gasteiger partial charge is 0.117 e. The molecule has 0 aliphatic heterocycles. The second kappa shape index (κ2) is 4.86. The third kappa shape index (κ3) is 2.25. The lowest BCUT2D eigenvalue weighted by Crippen LogP contribution is -2.02. The second-order valence-corrected chi connectivity index (χ2v) is 4.81. The molecule has 0 spiro atoms. The fourth-order valence-corrected chi connectivity index (χ4v) is 2.32. The van der Waals surface area contributed by atoms with Crippen LogP contribution in [0.25, 0.3) is 5.52 Å². The molecule has 0 aliphatic rings. The highest BCUT2D eigenvalue weighted by Crippen LogP contribution is 2.15. The number of rotatable bonds is 3. The van der Waals surface area contributed by atoms with Crippen molar-refractivity contribution in [3.8, 4) is 0 Å². The van der Waals surface area contributed by atoms with Gasteiger partial charge >= 0.3 is 0 Å². The highest BCUT2D eigenvalue weighted by molar-refractivity contribution is 5.47. The van der Waals surface area contributed by atoms with E-state index in [0.29, 0.717) is 6.54 Å². The van der Waals surface area contributed by atoms with Gasteiger partial charge in [-0.15, -0.1) is 0 Å². The van der Waals surface area contributed by atoms with Crippen molar-refractivity contribution in [2.45, 2.75) is 19.9 Å². The van der Waals surface area contributed by atoms with Crippen molar-refractivity contribution in [3.63, 3.8) is 0 Å². The van der Waals surface area contributed by atoms with Gasteiger partial charge in [0.2, 0.25) is 0 Å². The zero-order valence-corrected chi connectivity index (χ0v) is 11.0. The molecule has 0 aliphatic carbocycles. The molecular weight excluding hydrogens is 234 g/mol. The summed E-state index contributed by atoms with van der Waals surface area (Å²) in [7, 11) is 0. The Morgan fingerprint density at radius 1 is 1.16 bits per heavy atom. The first-order chi connectivity index (χ1) is 9.28. The van der Waals surface area contributed by atoms with E-state index in [1.54, 1.807) is 0 Å². The van der Waals surface area contributed by atoms with Crippen LogP contribution in [0.1, 0.15) is 22.5 Å². The van der Waals surface area contributed by atoms with Gasteiger partial charge in [0.25, 0.3) is 0 Å². The predicted octanol–water partition coefficient (Wildman–Crippen LogP) is 2.69. The number of hydrogen-bond donors (Lipinski definition) is 1. The van der Waals surface area contributed by atoms with Gasteiger partial charge in [-0.25, -0.2) is 4.98 Å². The molecule has 0 bridgehead atoms. The maximum Gasteiger partial charge on any atom is 0.117 e. The third-order valence-electron chi connectivity index (χ3n) is 3.51. The van der Waals surface area contributed by atoms with Crippen LogP contribution in [0.3, 0.4) is 0 Å². The number of pyridine rings is 1. The van der Waals surface area contributed by atoms with Crippen LogP contribution in [0.15, 0.2) is 48.8 Å². The molecule has 3 heteroatoms. The van der Waals surface area contributed by atoms with E-state index in [-0.39, 0.29) is 0 Å². The first kappa shape index (κ1) is 11.9. The first-order valence-corrected chi connectivity index (χ1v) is 6.47. The van der Waals surface area contributed by atoms with Crippen molar-refractivity contribution in [1.29, 1.82) is 0 Å². The molecule has 0 radical (unpaired) electrons. The Hall–Kier alpha value is -2.13. The van der Waals surface area contributed by atoms with Gasteiger partial charge in [-0.3, -0.25) is 0 Å². The molecule has 2 aromatic heterocycles. The number of fused-ring (bicyclic) bond motifs is 1. The van der Waals surface area contributed by atoms with Crippen LogP contribution in [0, 0.1) is 6.92 Å². The standard InChI is InChI=1S/C16H17N3/c1-12-4-2-3-5-14(12)8-16-18-10-15-7-6-13(9-17)11-19(15)16/h2-7,10-11H,8-9,17H2,1H3. The molecule has 19 heavy (non-hydrogen) atoms. The van der Waals surface area contributed by atoms with E-state index in [0.717, 1.165) is 23.3 Å². The first-order valence-electron chi connectivity index (χ1n) is 6.47. The number of hydrogen-bond acceptors (Lipinski definition) is 2. The molecule has 2 N–H and O–H groups in total. The molecule has 0 unspecified atom stereocenters. The average Bonchev–Trinajstić information content (AvgIpc) is 2.84. The zero-order valence-electron chi connectivity index (χ0n) is 11.0. The van der Waals surface area contributed by atoms with Crippen LogP contribution in [-0.4, -0.2) is 9.38 Å². The van der Waals surface area contributed by atoms with Gasteiger partial charge in [0, 0.05) is 19.2 Å². The van der Waals surface area contributed by atoms with E-state index in [2.05, 4.69) is 58.9 Å². The minimum atomic E-state index is 0.553. The summed E-state index contributed by atoms with van der Waals surface area (Å²) in [6.45, 7) is 2.69. The molecule has 2 heterocycles. The Bertz CT molecular complexity index is 713. The summed E-state index contributed by atoms with van der Waals surface area (Å²) < 4.78 is 2.13. The van der Waals surface area contributed by atoms with Gasteiger partial charge in [-0.05, 0) is 29.7 Å². The Balaban J connectivity index is 2.03. The third-order valence-corrected chi connectivity index (χ3v) is 3.51. The molecule has 96 valence electrons. The largest absolute Gasteiger partial charge is 0.326 e. The van der Waals surface area contributed by atoms with E-state index < -0.39 is 0 Å². The summed E-state index contributed by atoms with van der Waals surface area (Å²) in [6, 6.07) is 12.5. The van der Waals surface area contributed by atoms with Crippen LogP contribution >= 0.6 is 0 Å². The molecule has 1 aromatic carbocycles. The average molecular weight is 251 g/mol. The Morgan fingerprint density at radius 3 is 2.79 bits per heavy atom. The molecule has 3 rings (SSSR count). The number of aryl methyl sites for hydroxylation is 1. The van der Waals surface area contributed by atoms with E-state index in [1.165, 1.54) is 11.1 Å². The van der Waals surface area contributed by atoms with E-state index in [9.17, 15) is 0 Å². The number of imidazole rings is 1. The Labute approximate surface area is 112 Å². The van der Waals surface area contributed by atoms with Crippen LogP contribution in [0.2, 0.25) is 0 Å². The minimum Gasteiger partial charge on any atom is -0.326 e. The molecule has 0 atom stereocenters. The fourth-order valence-electron chi connectivity index (χ4n) is 2.32. The SMILES string of the molecule is Cc1ccccc1Cc1ncc2ccc(CN)cn12. The number of nitrogens with two attached hydrogens (primary N) is 1. The normalized spacial score (nSPS) is 11.1. The molecule has 3 nitrogen and oxygen atoms in total. The second-order valence-electron chi connectivity index (χ2n) is 4.81. The van der Waals surface area contributed by atoms with Crippen molar-refractivity contribution in [3.05, 3.63) is 71.3 Å². The monoisotopic (exact) mass is 251 g/mol. The molecule has 0 saturated carbocycles. The quantitative estimate of drug-likeness (QED) is 0.777. The van der Waals surface area contributed by atoms with Crippen molar-refractivity contribution in [1.82, 2.24) is 9.38 Å². The molecule has 0 saturated heterocycles. The van der Waals surface area contributed by atoms with Crippen molar-refractivity contribution in [2.24, 2.45) is 5.73 Å². The highest BCUT2D eigenvalue weighted by Gasteiger charge is 2.06. The summed E-state index contributed by atoms with van der Waals surface area (Å²) >= 11 is 0. The van der Waals surface area contributed by atoms with Gasteiger partial charge < -0.3 is 10.1 Å². The van der Waals surface area contributed by atoms with Crippen molar-refractivity contribution in [2.75, 3.05) is 0 Å². The van der Waals surface area contributed by atoms with Crippen LogP contribution in [0.4, 0.5) is 0 Å². The topological polar surface area (TPSA) is 43.3 Å². The summed E-state index contributed by atoms with van der Waals surface area (Å²) in [4.78, 5) is 4.53. The van der Waals surface area contributed by atoms with E-state index in [1.807, 2.05) is 6.20 Å². The maximum absolute atomic E-state index is 5.70. The number of benzene rings is 1. The Morgan fingerprint density at radius 2 is 2.00 bits per heavy atom. The lowest BCUT2D eigenvalue weighted by Gasteiger charge is -2.06. The lowest BCUT2D eigenvalue weighted by atomic mass is 10.1. The van der Waals surface area contributed by atoms with E-state index in [4.69, 9.17) is 5.73 Å². The van der Waals surface area contributed by atoms with Gasteiger partial charge in [-0.2, -0.15) is 0 Å². The van der Waals surface area contributed by atoms with Crippen LogP contribution in [-0.2, 0) is 13.0 Å². The van der Waals surface area contributed by atoms with Gasteiger partial charge in [0.15, 0.2) is 0 Å². The zero-order chi connectivity index (χ0) is 13.2.